The summed E-state index contributed by atoms with van der Waals surface area (Å²) in [7, 11) is 0. The lowest BCUT2D eigenvalue weighted by Crippen LogP contribution is -2.57. The Bertz CT molecular complexity index is 344. The molecule has 102 valence electrons. The third kappa shape index (κ3) is 2.89. The standard InChI is InChI=1S/C11H18N2O4S/c1-11(3-2-4-17-6-11)12-10(16)13-7-18-5-8(13)9(14)15/h8H,2-7H2,1H3,(H,12,16)(H,14,15). The van der Waals surface area contributed by atoms with Crippen molar-refractivity contribution in [2.45, 2.75) is 31.3 Å². The van der Waals surface area contributed by atoms with Gasteiger partial charge in [-0.2, -0.15) is 0 Å². The van der Waals surface area contributed by atoms with Crippen LogP contribution in [0.5, 0.6) is 0 Å². The second-order valence-electron chi connectivity index (χ2n) is 4.97. The molecular formula is C11H18N2O4S. The third-order valence-corrected chi connectivity index (χ3v) is 4.29. The lowest BCUT2D eigenvalue weighted by Gasteiger charge is -2.36. The van der Waals surface area contributed by atoms with Crippen LogP contribution >= 0.6 is 11.8 Å². The monoisotopic (exact) mass is 274 g/mol. The molecule has 0 saturated carbocycles. The van der Waals surface area contributed by atoms with E-state index in [1.165, 1.54) is 16.7 Å². The number of carboxylic acids is 1. The van der Waals surface area contributed by atoms with E-state index in [0.717, 1.165) is 19.4 Å². The number of nitrogens with zero attached hydrogens (tertiary/aromatic N) is 1. The highest BCUT2D eigenvalue weighted by molar-refractivity contribution is 7.99. The van der Waals surface area contributed by atoms with Crippen molar-refractivity contribution in [3.05, 3.63) is 0 Å². The molecule has 2 aliphatic rings. The fraction of sp³-hybridized carbons (Fsp3) is 0.818. The lowest BCUT2D eigenvalue weighted by atomic mass is 9.95. The number of rotatable bonds is 2. The van der Waals surface area contributed by atoms with E-state index in [-0.39, 0.29) is 11.6 Å². The molecular weight excluding hydrogens is 256 g/mol. The predicted molar refractivity (Wildman–Crippen MR) is 67.6 cm³/mol. The highest BCUT2D eigenvalue weighted by Crippen LogP contribution is 2.23. The zero-order chi connectivity index (χ0) is 13.2. The van der Waals surface area contributed by atoms with Crippen molar-refractivity contribution in [2.75, 3.05) is 24.8 Å². The maximum absolute atomic E-state index is 12.1. The molecule has 2 atom stereocenters. The number of aliphatic carboxylic acids is 1. The van der Waals surface area contributed by atoms with Gasteiger partial charge in [-0.25, -0.2) is 9.59 Å². The summed E-state index contributed by atoms with van der Waals surface area (Å²) in [6, 6.07) is -1.02. The van der Waals surface area contributed by atoms with Gasteiger partial charge in [0.2, 0.25) is 0 Å². The molecule has 2 saturated heterocycles. The molecule has 2 amide bonds. The molecule has 6 nitrogen and oxygen atoms in total. The van der Waals surface area contributed by atoms with Gasteiger partial charge in [0.25, 0.3) is 0 Å². The van der Waals surface area contributed by atoms with Crippen LogP contribution in [0.25, 0.3) is 0 Å². The van der Waals surface area contributed by atoms with Crippen LogP contribution < -0.4 is 5.32 Å². The van der Waals surface area contributed by atoms with Crippen LogP contribution in [0, 0.1) is 0 Å². The third-order valence-electron chi connectivity index (χ3n) is 3.27. The molecule has 0 spiro atoms. The van der Waals surface area contributed by atoms with Crippen LogP contribution in [-0.2, 0) is 9.53 Å². The van der Waals surface area contributed by atoms with Crippen LogP contribution in [0.15, 0.2) is 0 Å². The normalized spacial score (nSPS) is 32.3. The summed E-state index contributed by atoms with van der Waals surface area (Å²) in [5.74, 6) is -0.0596. The highest BCUT2D eigenvalue weighted by atomic mass is 32.2. The lowest BCUT2D eigenvalue weighted by molar-refractivity contribution is -0.140. The summed E-state index contributed by atoms with van der Waals surface area (Å²) < 4.78 is 5.37. The van der Waals surface area contributed by atoms with Gasteiger partial charge in [-0.05, 0) is 19.8 Å². The maximum atomic E-state index is 12.1. The summed E-state index contributed by atoms with van der Waals surface area (Å²) in [5, 5.41) is 12.0. The highest BCUT2D eigenvalue weighted by Gasteiger charge is 2.38. The molecule has 2 fully saturated rings. The number of hydrogen-bond donors (Lipinski definition) is 2. The predicted octanol–water partition coefficient (Wildman–Crippen LogP) is 0.725. The van der Waals surface area contributed by atoms with Gasteiger partial charge in [0.05, 0.1) is 18.0 Å². The summed E-state index contributed by atoms with van der Waals surface area (Å²) in [5.41, 5.74) is -0.383. The molecule has 2 heterocycles. The number of carbonyl (C=O) groups excluding carboxylic acids is 1. The van der Waals surface area contributed by atoms with E-state index in [2.05, 4.69) is 5.32 Å². The molecule has 0 aromatic carbocycles. The van der Waals surface area contributed by atoms with Crippen LogP contribution in [0.1, 0.15) is 19.8 Å². The number of carbonyl (C=O) groups is 2. The van der Waals surface area contributed by atoms with Gasteiger partial charge in [-0.3, -0.25) is 0 Å². The average molecular weight is 274 g/mol. The Balaban J connectivity index is 1.96. The zero-order valence-corrected chi connectivity index (χ0v) is 11.2. The first kappa shape index (κ1) is 13.5. The molecule has 0 aliphatic carbocycles. The molecule has 7 heteroatoms. The van der Waals surface area contributed by atoms with Gasteiger partial charge >= 0.3 is 12.0 Å². The topological polar surface area (TPSA) is 78.9 Å². The number of urea groups is 1. The number of thioether (sulfide) groups is 1. The van der Waals surface area contributed by atoms with E-state index in [0.29, 0.717) is 18.2 Å². The minimum Gasteiger partial charge on any atom is -0.480 e. The molecule has 0 bridgehead atoms. The first-order valence-electron chi connectivity index (χ1n) is 5.99. The number of hydrogen-bond acceptors (Lipinski definition) is 4. The van der Waals surface area contributed by atoms with Crippen molar-refractivity contribution < 1.29 is 19.4 Å². The summed E-state index contributed by atoms with van der Waals surface area (Å²) in [6.07, 6.45) is 1.77. The summed E-state index contributed by atoms with van der Waals surface area (Å²) in [6.45, 7) is 3.14. The molecule has 18 heavy (non-hydrogen) atoms. The largest absolute Gasteiger partial charge is 0.480 e. The van der Waals surface area contributed by atoms with E-state index < -0.39 is 12.0 Å². The van der Waals surface area contributed by atoms with Crippen molar-refractivity contribution in [3.63, 3.8) is 0 Å². The smallest absolute Gasteiger partial charge is 0.327 e. The van der Waals surface area contributed by atoms with E-state index in [9.17, 15) is 9.59 Å². The van der Waals surface area contributed by atoms with Crippen molar-refractivity contribution in [3.8, 4) is 0 Å². The Morgan fingerprint density at radius 2 is 2.33 bits per heavy atom. The minimum atomic E-state index is -0.944. The fourth-order valence-corrected chi connectivity index (χ4v) is 3.36. The average Bonchev–Trinajstić information content (AvgIpc) is 2.78. The van der Waals surface area contributed by atoms with Crippen molar-refractivity contribution in [1.29, 1.82) is 0 Å². The fourth-order valence-electron chi connectivity index (χ4n) is 2.21. The molecule has 0 radical (unpaired) electrons. The van der Waals surface area contributed by atoms with Gasteiger partial charge in [0.1, 0.15) is 6.04 Å². The van der Waals surface area contributed by atoms with Gasteiger partial charge in [-0.15, -0.1) is 11.8 Å². The van der Waals surface area contributed by atoms with E-state index >= 15 is 0 Å². The Hall–Kier alpha value is -0.950. The number of amides is 2. The molecule has 2 N–H and O–H groups in total. The number of nitrogens with one attached hydrogen (secondary N) is 1. The number of ether oxygens (including phenoxy) is 1. The Morgan fingerprint density at radius 1 is 1.56 bits per heavy atom. The van der Waals surface area contributed by atoms with E-state index in [4.69, 9.17) is 9.84 Å². The minimum absolute atomic E-state index is 0.305. The Morgan fingerprint density at radius 3 is 2.94 bits per heavy atom. The molecule has 2 rings (SSSR count). The van der Waals surface area contributed by atoms with Crippen molar-refractivity contribution >= 4 is 23.8 Å². The summed E-state index contributed by atoms with van der Waals surface area (Å²) in [4.78, 5) is 24.5. The molecule has 0 aromatic heterocycles. The Labute approximate surface area is 110 Å². The Kier molecular flexibility index (Phi) is 4.01. The van der Waals surface area contributed by atoms with E-state index in [1.807, 2.05) is 6.92 Å². The SMILES string of the molecule is CC1(NC(=O)N2CSCC2C(=O)O)CCCOC1. The second kappa shape index (κ2) is 5.36. The first-order chi connectivity index (χ1) is 8.52. The summed E-state index contributed by atoms with van der Waals surface area (Å²) >= 11 is 1.46. The van der Waals surface area contributed by atoms with Gasteiger partial charge in [0.15, 0.2) is 0 Å². The zero-order valence-electron chi connectivity index (χ0n) is 10.3. The van der Waals surface area contributed by atoms with Gasteiger partial charge in [0, 0.05) is 12.4 Å². The van der Waals surface area contributed by atoms with Gasteiger partial charge in [-0.1, -0.05) is 0 Å². The van der Waals surface area contributed by atoms with Gasteiger partial charge < -0.3 is 20.1 Å². The maximum Gasteiger partial charge on any atom is 0.327 e. The van der Waals surface area contributed by atoms with Crippen LogP contribution in [0.3, 0.4) is 0 Å². The quantitative estimate of drug-likeness (QED) is 0.776. The van der Waals surface area contributed by atoms with Crippen molar-refractivity contribution in [1.82, 2.24) is 10.2 Å². The molecule has 2 aliphatic heterocycles. The van der Waals surface area contributed by atoms with Crippen molar-refractivity contribution in [2.24, 2.45) is 0 Å². The molecule has 2 unspecified atom stereocenters. The molecule has 0 aromatic rings. The number of carboxylic acid groups (broad SMARTS) is 1. The first-order valence-corrected chi connectivity index (χ1v) is 7.14. The second-order valence-corrected chi connectivity index (χ2v) is 5.97. The van der Waals surface area contributed by atoms with Crippen LogP contribution in [0.2, 0.25) is 0 Å². The van der Waals surface area contributed by atoms with Crippen LogP contribution in [0.4, 0.5) is 4.79 Å². The van der Waals surface area contributed by atoms with Crippen LogP contribution in [-0.4, -0.2) is 58.4 Å². The van der Waals surface area contributed by atoms with E-state index in [1.54, 1.807) is 0 Å².